The molecule has 5 nitrogen and oxygen atoms in total. The lowest BCUT2D eigenvalue weighted by Crippen LogP contribution is -2.57. The average Bonchev–Trinajstić information content (AvgIpc) is 2.67. The number of aliphatic hydroxyl groups is 1. The third-order valence-corrected chi connectivity index (χ3v) is 5.76. The number of β-amino-alcohol motifs (C(OH)–C–C–N with tert-alkyl or cyclic N) is 1. The molecule has 1 aliphatic heterocycles. The highest BCUT2D eigenvalue weighted by Crippen LogP contribution is 2.44. The maximum Gasteiger partial charge on any atom is 0.418 e. The number of hydrogen-bond acceptors (Lipinski definition) is 5. The molecule has 1 aliphatic rings. The number of piperidine rings is 1. The van der Waals surface area contributed by atoms with Gasteiger partial charge in [0.1, 0.15) is 11.6 Å². The van der Waals surface area contributed by atoms with Crippen molar-refractivity contribution in [3.63, 3.8) is 0 Å². The molecule has 0 radical (unpaired) electrons. The van der Waals surface area contributed by atoms with Crippen molar-refractivity contribution in [1.82, 2.24) is 4.90 Å². The number of hydrogen-bond donors (Lipinski definition) is 1. The first kappa shape index (κ1) is 25.4. The molecule has 2 atom stereocenters. The summed E-state index contributed by atoms with van der Waals surface area (Å²) in [5.41, 5.74) is -4.08. The Hall–Kier alpha value is -1.87. The van der Waals surface area contributed by atoms with Crippen molar-refractivity contribution in [2.75, 3.05) is 33.4 Å². The molecule has 1 fully saturated rings. The van der Waals surface area contributed by atoms with Crippen LogP contribution < -0.4 is 4.74 Å². The smallest absolute Gasteiger partial charge is 0.418 e. The molecule has 2 unspecified atom stereocenters. The number of esters is 1. The number of likely N-dealkylation sites (tertiary alicyclic amines) is 1. The summed E-state index contributed by atoms with van der Waals surface area (Å²) in [6, 6.07) is 3.65. The van der Waals surface area contributed by atoms with Gasteiger partial charge in [-0.1, -0.05) is 13.8 Å². The van der Waals surface area contributed by atoms with Crippen LogP contribution in [0.2, 0.25) is 0 Å². The summed E-state index contributed by atoms with van der Waals surface area (Å²) in [6.45, 7) is 4.62. The van der Waals surface area contributed by atoms with Crippen LogP contribution in [0.1, 0.15) is 45.6 Å². The first-order valence-corrected chi connectivity index (χ1v) is 10.3. The molecule has 0 saturated carbocycles. The van der Waals surface area contributed by atoms with Crippen LogP contribution >= 0.6 is 0 Å². The molecular weight excluding hydrogens is 418 g/mol. The SMILES string of the molecule is CCOC(=O)C1CCCN(CC(O)(CC(C)(C)c2cc(F)ccc2OC)C(F)(F)F)C1. The molecule has 2 rings (SSSR count). The van der Waals surface area contributed by atoms with E-state index in [9.17, 15) is 27.5 Å². The summed E-state index contributed by atoms with van der Waals surface area (Å²) in [4.78, 5) is 13.5. The van der Waals surface area contributed by atoms with Gasteiger partial charge in [0, 0.05) is 18.7 Å². The summed E-state index contributed by atoms with van der Waals surface area (Å²) in [6.07, 6.45) is -4.57. The number of nitrogens with zero attached hydrogens (tertiary/aromatic N) is 1. The van der Waals surface area contributed by atoms with Crippen LogP contribution in [-0.4, -0.2) is 61.1 Å². The van der Waals surface area contributed by atoms with Crippen molar-refractivity contribution >= 4 is 5.97 Å². The predicted molar refractivity (Wildman–Crippen MR) is 107 cm³/mol. The van der Waals surface area contributed by atoms with Gasteiger partial charge in [-0.3, -0.25) is 9.69 Å². The summed E-state index contributed by atoms with van der Waals surface area (Å²) >= 11 is 0. The van der Waals surface area contributed by atoms with E-state index in [4.69, 9.17) is 9.47 Å². The van der Waals surface area contributed by atoms with E-state index in [0.717, 1.165) is 12.1 Å². The highest BCUT2D eigenvalue weighted by molar-refractivity contribution is 5.72. The van der Waals surface area contributed by atoms with Gasteiger partial charge in [-0.05, 0) is 56.3 Å². The highest BCUT2D eigenvalue weighted by Gasteiger charge is 2.57. The standard InChI is InChI=1S/C22H31F4NO4/c1-5-31-19(28)15-7-6-10-27(12-15)14-21(29,22(24,25)26)13-20(2,3)17-11-16(23)8-9-18(17)30-4/h8-9,11,15,29H,5-7,10,12-14H2,1-4H3. The predicted octanol–water partition coefficient (Wildman–Crippen LogP) is 4.07. The van der Waals surface area contributed by atoms with Crippen LogP contribution in [0.3, 0.4) is 0 Å². The second kappa shape index (κ2) is 9.73. The molecule has 1 saturated heterocycles. The lowest BCUT2D eigenvalue weighted by Gasteiger charge is -2.42. The van der Waals surface area contributed by atoms with Crippen molar-refractivity contribution in [3.8, 4) is 5.75 Å². The lowest BCUT2D eigenvalue weighted by molar-refractivity contribution is -0.272. The Morgan fingerprint density at radius 2 is 1.97 bits per heavy atom. The van der Waals surface area contributed by atoms with Crippen LogP contribution in [0.4, 0.5) is 17.6 Å². The van der Waals surface area contributed by atoms with Gasteiger partial charge < -0.3 is 14.6 Å². The summed E-state index contributed by atoms with van der Waals surface area (Å²) in [5, 5.41) is 10.8. The fraction of sp³-hybridized carbons (Fsp3) is 0.682. The molecule has 1 aromatic rings. The van der Waals surface area contributed by atoms with Crippen molar-refractivity contribution in [1.29, 1.82) is 0 Å². The minimum absolute atomic E-state index is 0.0843. The number of rotatable bonds is 8. The van der Waals surface area contributed by atoms with Gasteiger partial charge in [0.2, 0.25) is 0 Å². The van der Waals surface area contributed by atoms with Crippen LogP contribution in [-0.2, 0) is 14.9 Å². The molecule has 1 heterocycles. The Kier molecular flexibility index (Phi) is 7.97. The maximum atomic E-state index is 14.1. The van der Waals surface area contributed by atoms with E-state index in [2.05, 4.69) is 0 Å². The van der Waals surface area contributed by atoms with E-state index in [0.29, 0.717) is 19.4 Å². The quantitative estimate of drug-likeness (QED) is 0.479. The van der Waals surface area contributed by atoms with E-state index >= 15 is 0 Å². The average molecular weight is 449 g/mol. The fourth-order valence-corrected chi connectivity index (χ4v) is 4.30. The first-order chi connectivity index (χ1) is 14.3. The maximum absolute atomic E-state index is 14.1. The zero-order chi connectivity index (χ0) is 23.4. The van der Waals surface area contributed by atoms with Crippen LogP contribution in [0.25, 0.3) is 0 Å². The molecule has 0 aromatic heterocycles. The molecular formula is C22H31F4NO4. The van der Waals surface area contributed by atoms with E-state index in [1.165, 1.54) is 31.9 Å². The number of carbonyl (C=O) groups excluding carboxylic acids is 1. The molecule has 1 aromatic carbocycles. The van der Waals surface area contributed by atoms with Gasteiger partial charge in [0.15, 0.2) is 5.60 Å². The number of benzene rings is 1. The van der Waals surface area contributed by atoms with Gasteiger partial charge in [-0.25, -0.2) is 4.39 Å². The topological polar surface area (TPSA) is 59.0 Å². The molecule has 0 amide bonds. The third kappa shape index (κ3) is 6.10. The number of ether oxygens (including phenoxy) is 2. The number of methoxy groups -OCH3 is 1. The minimum Gasteiger partial charge on any atom is -0.496 e. The minimum atomic E-state index is -4.93. The molecule has 0 aliphatic carbocycles. The van der Waals surface area contributed by atoms with Gasteiger partial charge >= 0.3 is 12.1 Å². The van der Waals surface area contributed by atoms with Crippen LogP contribution in [0.15, 0.2) is 18.2 Å². The Balaban J connectivity index is 2.28. The van der Waals surface area contributed by atoms with Crippen molar-refractivity contribution in [2.45, 2.75) is 57.2 Å². The van der Waals surface area contributed by atoms with Gasteiger partial charge in [0.25, 0.3) is 0 Å². The van der Waals surface area contributed by atoms with Crippen molar-refractivity contribution in [2.24, 2.45) is 5.92 Å². The molecule has 9 heteroatoms. The largest absolute Gasteiger partial charge is 0.496 e. The monoisotopic (exact) mass is 449 g/mol. The second-order valence-electron chi connectivity index (χ2n) is 8.76. The summed E-state index contributed by atoms with van der Waals surface area (Å²) < 4.78 is 66.3. The Morgan fingerprint density at radius 1 is 1.29 bits per heavy atom. The molecule has 0 spiro atoms. The van der Waals surface area contributed by atoms with Crippen LogP contribution in [0, 0.1) is 11.7 Å². The lowest BCUT2D eigenvalue weighted by atomic mass is 9.74. The van der Waals surface area contributed by atoms with Gasteiger partial charge in [-0.2, -0.15) is 13.2 Å². The first-order valence-electron chi connectivity index (χ1n) is 10.3. The summed E-state index contributed by atoms with van der Waals surface area (Å²) in [5.74, 6) is -1.32. The summed E-state index contributed by atoms with van der Waals surface area (Å²) in [7, 11) is 1.35. The second-order valence-corrected chi connectivity index (χ2v) is 8.76. The van der Waals surface area contributed by atoms with Gasteiger partial charge in [-0.15, -0.1) is 0 Å². The van der Waals surface area contributed by atoms with E-state index in [1.54, 1.807) is 6.92 Å². The molecule has 1 N–H and O–H groups in total. The van der Waals surface area contributed by atoms with Gasteiger partial charge in [0.05, 0.1) is 19.6 Å². The van der Waals surface area contributed by atoms with E-state index in [-0.39, 0.29) is 24.5 Å². The molecule has 176 valence electrons. The van der Waals surface area contributed by atoms with Crippen molar-refractivity contribution in [3.05, 3.63) is 29.6 Å². The normalized spacial score (nSPS) is 20.2. The van der Waals surface area contributed by atoms with Crippen molar-refractivity contribution < 1.29 is 36.9 Å². The molecule has 0 bridgehead atoms. The zero-order valence-corrected chi connectivity index (χ0v) is 18.4. The highest BCUT2D eigenvalue weighted by atomic mass is 19.4. The number of alkyl halides is 3. The Labute approximate surface area is 180 Å². The molecule has 31 heavy (non-hydrogen) atoms. The van der Waals surface area contributed by atoms with Crippen LogP contribution in [0.5, 0.6) is 5.75 Å². The Bertz CT molecular complexity index is 768. The fourth-order valence-electron chi connectivity index (χ4n) is 4.30. The number of carbonyl (C=O) groups is 1. The number of halogens is 4. The Morgan fingerprint density at radius 3 is 2.55 bits per heavy atom. The zero-order valence-electron chi connectivity index (χ0n) is 18.4. The third-order valence-electron chi connectivity index (χ3n) is 5.76. The van der Waals surface area contributed by atoms with E-state index < -0.39 is 47.9 Å². The van der Waals surface area contributed by atoms with E-state index in [1.807, 2.05) is 0 Å².